The fourth-order valence-corrected chi connectivity index (χ4v) is 2.17. The van der Waals surface area contributed by atoms with Crippen molar-refractivity contribution < 1.29 is 19.4 Å². The highest BCUT2D eigenvalue weighted by Crippen LogP contribution is 2.27. The van der Waals surface area contributed by atoms with Crippen LogP contribution in [0.3, 0.4) is 0 Å². The second-order valence-electron chi connectivity index (χ2n) is 5.66. The number of fused-ring (bicyclic) bond motifs is 1. The monoisotopic (exact) mass is 292 g/mol. The maximum Gasteiger partial charge on any atom is 0.336 e. The van der Waals surface area contributed by atoms with Gasteiger partial charge in [-0.15, -0.1) is 0 Å². The van der Waals surface area contributed by atoms with E-state index in [0.717, 1.165) is 10.9 Å². The normalized spacial score (nSPS) is 13.4. The van der Waals surface area contributed by atoms with E-state index in [1.165, 1.54) is 6.07 Å². The van der Waals surface area contributed by atoms with Crippen LogP contribution in [0, 0.1) is 0 Å². The Labute approximate surface area is 122 Å². The van der Waals surface area contributed by atoms with Gasteiger partial charge in [0.25, 0.3) is 0 Å². The van der Waals surface area contributed by atoms with Crippen LogP contribution in [0.2, 0.25) is 0 Å². The molecule has 2 N–H and O–H groups in total. The van der Waals surface area contributed by atoms with E-state index in [1.807, 2.05) is 0 Å². The van der Waals surface area contributed by atoms with Crippen molar-refractivity contribution in [1.29, 1.82) is 0 Å². The highest BCUT2D eigenvalue weighted by molar-refractivity contribution is 5.79. The first-order valence-electron chi connectivity index (χ1n) is 6.82. The fourth-order valence-electron chi connectivity index (χ4n) is 2.17. The van der Waals surface area contributed by atoms with Crippen molar-refractivity contribution in [2.24, 2.45) is 0 Å². The summed E-state index contributed by atoms with van der Waals surface area (Å²) in [7, 11) is 1.57. The van der Waals surface area contributed by atoms with Gasteiger partial charge in [0.2, 0.25) is 0 Å². The van der Waals surface area contributed by atoms with E-state index in [1.54, 1.807) is 39.2 Å². The van der Waals surface area contributed by atoms with Gasteiger partial charge < -0.3 is 19.4 Å². The summed E-state index contributed by atoms with van der Waals surface area (Å²) in [4.78, 5) is 11.3. The third kappa shape index (κ3) is 3.62. The molecule has 0 bridgehead atoms. The topological polar surface area (TPSA) is 79.9 Å². The Hall–Kier alpha value is -1.85. The molecule has 1 aromatic heterocycles. The number of benzene rings is 1. The standard InChI is InChI=1S/C16H20O5/c1-16(2,19)14(17)6-4-10-9-13-11(8-12(10)20-3)5-7-15(18)21-13/h5,7-9,14,17,19H,4,6H2,1-3H3. The SMILES string of the molecule is COc1cc2ccc(=O)oc2cc1CCC(O)C(C)(C)O. The number of rotatable bonds is 5. The van der Waals surface area contributed by atoms with Gasteiger partial charge in [-0.25, -0.2) is 4.79 Å². The number of hydrogen-bond acceptors (Lipinski definition) is 5. The molecule has 0 radical (unpaired) electrons. The van der Waals surface area contributed by atoms with Gasteiger partial charge in [0, 0.05) is 11.5 Å². The van der Waals surface area contributed by atoms with Crippen LogP contribution in [-0.2, 0) is 6.42 Å². The van der Waals surface area contributed by atoms with Gasteiger partial charge in [-0.2, -0.15) is 0 Å². The summed E-state index contributed by atoms with van der Waals surface area (Å²) in [5, 5.41) is 20.4. The molecule has 0 aliphatic rings. The number of hydrogen-bond donors (Lipinski definition) is 2. The first-order chi connectivity index (χ1) is 9.81. The number of aliphatic hydroxyl groups is 2. The molecule has 0 amide bonds. The lowest BCUT2D eigenvalue weighted by Crippen LogP contribution is -2.36. The molecule has 0 saturated heterocycles. The van der Waals surface area contributed by atoms with Gasteiger partial charge in [0.15, 0.2) is 0 Å². The predicted molar refractivity (Wildman–Crippen MR) is 79.7 cm³/mol. The third-order valence-corrected chi connectivity index (χ3v) is 3.52. The quantitative estimate of drug-likeness (QED) is 0.822. The fraction of sp³-hybridized carbons (Fsp3) is 0.438. The Balaban J connectivity index is 2.31. The summed E-state index contributed by atoms with van der Waals surface area (Å²) in [6.45, 7) is 3.13. The third-order valence-electron chi connectivity index (χ3n) is 3.52. The molecule has 1 aromatic carbocycles. The largest absolute Gasteiger partial charge is 0.496 e. The Bertz CT molecular complexity index is 681. The van der Waals surface area contributed by atoms with Crippen molar-refractivity contribution in [1.82, 2.24) is 0 Å². The van der Waals surface area contributed by atoms with E-state index < -0.39 is 17.3 Å². The number of ether oxygens (including phenoxy) is 1. The van der Waals surface area contributed by atoms with Crippen molar-refractivity contribution in [3.63, 3.8) is 0 Å². The van der Waals surface area contributed by atoms with Crippen LogP contribution < -0.4 is 10.4 Å². The molecule has 1 unspecified atom stereocenters. The molecule has 0 saturated carbocycles. The summed E-state index contributed by atoms with van der Waals surface area (Å²) in [6.07, 6.45) is 0.0337. The Morgan fingerprint density at radius 1 is 1.33 bits per heavy atom. The predicted octanol–water partition coefficient (Wildman–Crippen LogP) is 1.87. The zero-order valence-electron chi connectivity index (χ0n) is 12.4. The van der Waals surface area contributed by atoms with Gasteiger partial charge >= 0.3 is 5.63 Å². The Morgan fingerprint density at radius 2 is 2.05 bits per heavy atom. The Morgan fingerprint density at radius 3 is 2.67 bits per heavy atom. The second kappa shape index (κ2) is 5.87. The molecule has 0 spiro atoms. The van der Waals surface area contributed by atoms with Crippen LogP contribution in [0.15, 0.2) is 33.5 Å². The van der Waals surface area contributed by atoms with Crippen molar-refractivity contribution in [3.8, 4) is 5.75 Å². The van der Waals surface area contributed by atoms with Gasteiger partial charge in [0.1, 0.15) is 11.3 Å². The smallest absolute Gasteiger partial charge is 0.336 e. The van der Waals surface area contributed by atoms with E-state index >= 15 is 0 Å². The van der Waals surface area contributed by atoms with Gasteiger partial charge in [0.05, 0.1) is 18.8 Å². The van der Waals surface area contributed by atoms with Gasteiger partial charge in [-0.3, -0.25) is 0 Å². The maximum atomic E-state index is 11.3. The second-order valence-corrected chi connectivity index (χ2v) is 5.66. The molecule has 5 nitrogen and oxygen atoms in total. The molecule has 21 heavy (non-hydrogen) atoms. The summed E-state index contributed by atoms with van der Waals surface area (Å²) in [5.74, 6) is 0.666. The number of aliphatic hydroxyl groups excluding tert-OH is 1. The first kappa shape index (κ1) is 15.5. The molecular formula is C16H20O5. The molecule has 1 atom stereocenters. The van der Waals surface area contributed by atoms with E-state index in [-0.39, 0.29) is 0 Å². The van der Waals surface area contributed by atoms with Crippen LogP contribution in [0.25, 0.3) is 11.0 Å². The Kier molecular flexibility index (Phi) is 4.34. The lowest BCUT2D eigenvalue weighted by molar-refractivity contribution is -0.0510. The van der Waals surface area contributed by atoms with Crippen LogP contribution in [0.5, 0.6) is 5.75 Å². The zero-order valence-corrected chi connectivity index (χ0v) is 12.4. The van der Waals surface area contributed by atoms with E-state index in [0.29, 0.717) is 24.2 Å². The minimum atomic E-state index is -1.16. The lowest BCUT2D eigenvalue weighted by atomic mass is 9.95. The molecule has 1 heterocycles. The molecule has 0 aliphatic heterocycles. The minimum Gasteiger partial charge on any atom is -0.496 e. The van der Waals surface area contributed by atoms with Crippen molar-refractivity contribution in [2.45, 2.75) is 38.4 Å². The van der Waals surface area contributed by atoms with Crippen molar-refractivity contribution >= 4 is 11.0 Å². The van der Waals surface area contributed by atoms with Crippen LogP contribution in [0.1, 0.15) is 25.8 Å². The number of methoxy groups -OCH3 is 1. The van der Waals surface area contributed by atoms with Crippen molar-refractivity contribution in [2.75, 3.05) is 7.11 Å². The average molecular weight is 292 g/mol. The molecule has 2 aromatic rings. The highest BCUT2D eigenvalue weighted by atomic mass is 16.5. The molecule has 5 heteroatoms. The molecule has 114 valence electrons. The molecule has 0 fully saturated rings. The van der Waals surface area contributed by atoms with Crippen molar-refractivity contribution in [3.05, 3.63) is 40.2 Å². The summed E-state index contributed by atoms with van der Waals surface area (Å²) in [6, 6.07) is 6.58. The van der Waals surface area contributed by atoms with Crippen LogP contribution in [0.4, 0.5) is 0 Å². The average Bonchev–Trinajstić information content (AvgIpc) is 2.42. The molecule has 0 aliphatic carbocycles. The van der Waals surface area contributed by atoms with Gasteiger partial charge in [-0.05, 0) is 50.5 Å². The lowest BCUT2D eigenvalue weighted by Gasteiger charge is -2.24. The van der Waals surface area contributed by atoms with E-state index in [2.05, 4.69) is 0 Å². The highest BCUT2D eigenvalue weighted by Gasteiger charge is 2.24. The molecule has 2 rings (SSSR count). The maximum absolute atomic E-state index is 11.3. The minimum absolute atomic E-state index is 0.377. The molecular weight excluding hydrogens is 272 g/mol. The number of aryl methyl sites for hydroxylation is 1. The van der Waals surface area contributed by atoms with Crippen LogP contribution >= 0.6 is 0 Å². The summed E-state index contributed by atoms with van der Waals surface area (Å²) in [5.41, 5.74) is -0.259. The summed E-state index contributed by atoms with van der Waals surface area (Å²) < 4.78 is 10.5. The zero-order chi connectivity index (χ0) is 15.6. The van der Waals surface area contributed by atoms with E-state index in [4.69, 9.17) is 9.15 Å². The van der Waals surface area contributed by atoms with E-state index in [9.17, 15) is 15.0 Å². The summed E-state index contributed by atoms with van der Waals surface area (Å²) >= 11 is 0. The van der Waals surface area contributed by atoms with Gasteiger partial charge in [-0.1, -0.05) is 0 Å². The van der Waals surface area contributed by atoms with Crippen LogP contribution in [-0.4, -0.2) is 29.0 Å². The first-order valence-corrected chi connectivity index (χ1v) is 6.82.